The Labute approximate surface area is 160 Å². The van der Waals surface area contributed by atoms with E-state index in [0.29, 0.717) is 31.6 Å². The van der Waals surface area contributed by atoms with Gasteiger partial charge in [-0.2, -0.15) is 13.2 Å². The number of halogens is 3. The first-order chi connectivity index (χ1) is 13.4. The van der Waals surface area contributed by atoms with Crippen LogP contribution in [0.1, 0.15) is 18.4 Å². The van der Waals surface area contributed by atoms with Crippen molar-refractivity contribution in [3.63, 3.8) is 0 Å². The number of anilines is 2. The number of aromatic nitrogens is 1. The highest BCUT2D eigenvalue weighted by molar-refractivity contribution is 5.81. The molecule has 28 heavy (non-hydrogen) atoms. The van der Waals surface area contributed by atoms with E-state index >= 15 is 0 Å². The first-order valence-electron chi connectivity index (χ1n) is 9.21. The summed E-state index contributed by atoms with van der Waals surface area (Å²) in [5, 5.41) is 3.99. The van der Waals surface area contributed by atoms with Crippen molar-refractivity contribution >= 4 is 22.3 Å². The summed E-state index contributed by atoms with van der Waals surface area (Å²) in [6.45, 7) is 1.21. The van der Waals surface area contributed by atoms with Gasteiger partial charge in [-0.25, -0.2) is 0 Å². The van der Waals surface area contributed by atoms with E-state index in [9.17, 15) is 18.0 Å². The molecule has 146 valence electrons. The first-order valence-corrected chi connectivity index (χ1v) is 9.21. The smallest absolute Gasteiger partial charge is 0.382 e. The minimum atomic E-state index is -4.39. The number of nitrogens with one attached hydrogen (secondary N) is 2. The zero-order chi connectivity index (χ0) is 19.7. The van der Waals surface area contributed by atoms with Crippen LogP contribution in [0.3, 0.4) is 0 Å². The minimum Gasteiger partial charge on any atom is -0.382 e. The fourth-order valence-corrected chi connectivity index (χ4v) is 3.71. The molecule has 4 rings (SSSR count). The van der Waals surface area contributed by atoms with Gasteiger partial charge in [0.1, 0.15) is 5.69 Å². The number of benzene rings is 2. The lowest BCUT2D eigenvalue weighted by Gasteiger charge is -2.34. The van der Waals surface area contributed by atoms with Gasteiger partial charge in [0.2, 0.25) is 0 Å². The summed E-state index contributed by atoms with van der Waals surface area (Å²) < 4.78 is 39.5. The maximum absolute atomic E-state index is 13.2. The SMILES string of the molecule is O=c1[nH]c2ccccc2cc1N1CCC(Nc2ccccc2C(F)(F)F)CC1. The number of rotatable bonds is 3. The van der Waals surface area contributed by atoms with Crippen molar-refractivity contribution in [3.8, 4) is 0 Å². The van der Waals surface area contributed by atoms with E-state index in [1.807, 2.05) is 35.2 Å². The van der Waals surface area contributed by atoms with Crippen LogP contribution in [0.25, 0.3) is 10.9 Å². The van der Waals surface area contributed by atoms with Crippen molar-refractivity contribution in [1.82, 2.24) is 4.98 Å². The number of H-pyrrole nitrogens is 1. The molecule has 2 N–H and O–H groups in total. The molecule has 1 aliphatic heterocycles. The van der Waals surface area contributed by atoms with Crippen LogP contribution in [0.4, 0.5) is 24.5 Å². The number of nitrogens with zero attached hydrogens (tertiary/aromatic N) is 1. The Hall–Kier alpha value is -2.96. The number of hydrogen-bond donors (Lipinski definition) is 2. The molecule has 0 aliphatic carbocycles. The van der Waals surface area contributed by atoms with Gasteiger partial charge < -0.3 is 15.2 Å². The largest absolute Gasteiger partial charge is 0.418 e. The molecule has 1 fully saturated rings. The molecule has 0 radical (unpaired) electrons. The molecular formula is C21H20F3N3O. The topological polar surface area (TPSA) is 48.1 Å². The van der Waals surface area contributed by atoms with Crippen molar-refractivity contribution in [3.05, 3.63) is 70.5 Å². The van der Waals surface area contributed by atoms with Crippen molar-refractivity contribution in [2.24, 2.45) is 0 Å². The molecule has 3 aromatic rings. The van der Waals surface area contributed by atoms with Crippen LogP contribution < -0.4 is 15.8 Å². The van der Waals surface area contributed by atoms with Gasteiger partial charge in [0, 0.05) is 35.7 Å². The van der Waals surface area contributed by atoms with Crippen LogP contribution in [-0.4, -0.2) is 24.1 Å². The summed E-state index contributed by atoms with van der Waals surface area (Å²) in [5.41, 5.74) is 0.706. The predicted octanol–water partition coefficient (Wildman–Crippen LogP) is 4.63. The van der Waals surface area contributed by atoms with Crippen LogP contribution in [0.5, 0.6) is 0 Å². The van der Waals surface area contributed by atoms with E-state index in [4.69, 9.17) is 0 Å². The number of hydrogen-bond acceptors (Lipinski definition) is 3. The normalized spacial score (nSPS) is 15.8. The second kappa shape index (κ2) is 7.22. The van der Waals surface area contributed by atoms with Crippen molar-refractivity contribution in [2.45, 2.75) is 25.1 Å². The molecule has 0 saturated carbocycles. The van der Waals surface area contributed by atoms with E-state index in [1.54, 1.807) is 6.07 Å². The third kappa shape index (κ3) is 3.69. The number of pyridine rings is 1. The van der Waals surface area contributed by atoms with Gasteiger partial charge in [-0.3, -0.25) is 4.79 Å². The summed E-state index contributed by atoms with van der Waals surface area (Å²) in [6, 6.07) is 14.9. The average molecular weight is 387 g/mol. The molecule has 0 bridgehead atoms. The van der Waals surface area contributed by atoms with E-state index in [1.165, 1.54) is 12.1 Å². The standard InChI is InChI=1S/C21H20F3N3O/c22-21(23,24)16-6-2-4-8-18(16)25-15-9-11-27(12-10-15)19-13-14-5-1-3-7-17(14)26-20(19)28/h1-8,13,15,25H,9-12H2,(H,26,28). The van der Waals surface area contributed by atoms with Gasteiger partial charge in [0.25, 0.3) is 5.56 Å². The fraction of sp³-hybridized carbons (Fsp3) is 0.286. The average Bonchev–Trinajstić information content (AvgIpc) is 2.68. The Kier molecular flexibility index (Phi) is 4.75. The summed E-state index contributed by atoms with van der Waals surface area (Å²) in [7, 11) is 0. The molecular weight excluding hydrogens is 367 g/mol. The van der Waals surface area contributed by atoms with Gasteiger partial charge in [-0.1, -0.05) is 30.3 Å². The molecule has 2 aromatic carbocycles. The van der Waals surface area contributed by atoms with Crippen molar-refractivity contribution < 1.29 is 13.2 Å². The number of piperidine rings is 1. The summed E-state index contributed by atoms with van der Waals surface area (Å²) in [6.07, 6.45) is -3.08. The summed E-state index contributed by atoms with van der Waals surface area (Å²) >= 11 is 0. The molecule has 0 unspecified atom stereocenters. The lowest BCUT2D eigenvalue weighted by molar-refractivity contribution is -0.137. The van der Waals surface area contributed by atoms with Crippen molar-refractivity contribution in [1.29, 1.82) is 0 Å². The van der Waals surface area contributed by atoms with E-state index < -0.39 is 11.7 Å². The monoisotopic (exact) mass is 387 g/mol. The Morgan fingerprint density at radius 1 is 1.00 bits per heavy atom. The zero-order valence-corrected chi connectivity index (χ0v) is 15.1. The van der Waals surface area contributed by atoms with Crippen LogP contribution in [0, 0.1) is 0 Å². The highest BCUT2D eigenvalue weighted by atomic mass is 19.4. The molecule has 4 nitrogen and oxygen atoms in total. The molecule has 7 heteroatoms. The van der Waals surface area contributed by atoms with Gasteiger partial charge in [-0.15, -0.1) is 0 Å². The molecule has 0 amide bonds. The Balaban J connectivity index is 1.48. The quantitative estimate of drug-likeness (QED) is 0.689. The Morgan fingerprint density at radius 2 is 1.68 bits per heavy atom. The Morgan fingerprint density at radius 3 is 2.43 bits per heavy atom. The summed E-state index contributed by atoms with van der Waals surface area (Å²) in [5.74, 6) is 0. The molecule has 1 aliphatic rings. The molecule has 1 saturated heterocycles. The molecule has 0 spiro atoms. The lowest BCUT2D eigenvalue weighted by atomic mass is 10.0. The highest BCUT2D eigenvalue weighted by Crippen LogP contribution is 2.35. The van der Waals surface area contributed by atoms with Gasteiger partial charge in [0.15, 0.2) is 0 Å². The third-order valence-electron chi connectivity index (χ3n) is 5.16. The summed E-state index contributed by atoms with van der Waals surface area (Å²) in [4.78, 5) is 17.3. The van der Waals surface area contributed by atoms with Crippen LogP contribution in [0.15, 0.2) is 59.4 Å². The van der Waals surface area contributed by atoms with E-state index in [0.717, 1.165) is 17.0 Å². The number of alkyl halides is 3. The fourth-order valence-electron chi connectivity index (χ4n) is 3.71. The zero-order valence-electron chi connectivity index (χ0n) is 15.1. The Bertz CT molecular complexity index is 1040. The highest BCUT2D eigenvalue weighted by Gasteiger charge is 2.34. The maximum atomic E-state index is 13.2. The minimum absolute atomic E-state index is 0.0701. The van der Waals surface area contributed by atoms with Crippen LogP contribution in [0.2, 0.25) is 0 Å². The number of fused-ring (bicyclic) bond motifs is 1. The predicted molar refractivity (Wildman–Crippen MR) is 105 cm³/mol. The van der Waals surface area contributed by atoms with Crippen LogP contribution in [-0.2, 0) is 6.18 Å². The van der Waals surface area contributed by atoms with Crippen molar-refractivity contribution in [2.75, 3.05) is 23.3 Å². The molecule has 2 heterocycles. The third-order valence-corrected chi connectivity index (χ3v) is 5.16. The van der Waals surface area contributed by atoms with Gasteiger partial charge in [0.05, 0.1) is 5.56 Å². The first kappa shape index (κ1) is 18.4. The van der Waals surface area contributed by atoms with Crippen LogP contribution >= 0.6 is 0 Å². The maximum Gasteiger partial charge on any atom is 0.418 e. The molecule has 1 aromatic heterocycles. The number of para-hydroxylation sites is 2. The lowest BCUT2D eigenvalue weighted by Crippen LogP contribution is -2.41. The van der Waals surface area contributed by atoms with Gasteiger partial charge >= 0.3 is 6.18 Å². The second-order valence-electron chi connectivity index (χ2n) is 7.02. The number of aromatic amines is 1. The second-order valence-corrected chi connectivity index (χ2v) is 7.02. The van der Waals surface area contributed by atoms with E-state index in [2.05, 4.69) is 10.3 Å². The van der Waals surface area contributed by atoms with E-state index in [-0.39, 0.29) is 17.3 Å². The van der Waals surface area contributed by atoms with Gasteiger partial charge in [-0.05, 0) is 37.1 Å². The molecule has 0 atom stereocenters.